The lowest BCUT2D eigenvalue weighted by Gasteiger charge is -2.35. The Labute approximate surface area is 164 Å². The molecule has 1 amide bonds. The Balaban J connectivity index is 1.45. The van der Waals surface area contributed by atoms with Gasteiger partial charge in [0.1, 0.15) is 11.6 Å². The standard InChI is InChI=1S/C20H26N4O4/c1-3-27-20(26)16-6-7-18(21-13-16)24-10-8-23(9-11-24)14-19(25)22-15(2)17-5-4-12-28-17/h4-7,12-13,15H,3,8-11,14H2,1-2H3,(H,22,25)/t15-/m0/s1. The van der Waals surface area contributed by atoms with Gasteiger partial charge in [-0.25, -0.2) is 9.78 Å². The molecule has 2 aromatic heterocycles. The average molecular weight is 386 g/mol. The van der Waals surface area contributed by atoms with Gasteiger partial charge in [-0.15, -0.1) is 0 Å². The van der Waals surface area contributed by atoms with Gasteiger partial charge < -0.3 is 19.4 Å². The monoisotopic (exact) mass is 386 g/mol. The molecule has 28 heavy (non-hydrogen) atoms. The van der Waals surface area contributed by atoms with Crippen LogP contribution in [-0.4, -0.2) is 61.1 Å². The highest BCUT2D eigenvalue weighted by atomic mass is 16.5. The largest absolute Gasteiger partial charge is 0.467 e. The third kappa shape index (κ3) is 5.10. The number of carbonyl (C=O) groups is 2. The van der Waals surface area contributed by atoms with E-state index in [9.17, 15) is 9.59 Å². The van der Waals surface area contributed by atoms with Crippen molar-refractivity contribution in [3.8, 4) is 0 Å². The van der Waals surface area contributed by atoms with Crippen molar-refractivity contribution in [2.24, 2.45) is 0 Å². The van der Waals surface area contributed by atoms with Crippen LogP contribution in [0.25, 0.3) is 0 Å². The summed E-state index contributed by atoms with van der Waals surface area (Å²) in [6.07, 6.45) is 3.15. The highest BCUT2D eigenvalue weighted by Crippen LogP contribution is 2.15. The fraction of sp³-hybridized carbons (Fsp3) is 0.450. The van der Waals surface area contributed by atoms with Gasteiger partial charge in [0.15, 0.2) is 0 Å². The van der Waals surface area contributed by atoms with Gasteiger partial charge >= 0.3 is 5.97 Å². The SMILES string of the molecule is CCOC(=O)c1ccc(N2CCN(CC(=O)N[C@@H](C)c3ccco3)CC2)nc1. The minimum Gasteiger partial charge on any atom is -0.467 e. The zero-order chi connectivity index (χ0) is 19.9. The number of furan rings is 1. The molecule has 0 aromatic carbocycles. The van der Waals surface area contributed by atoms with Crippen LogP contribution in [0, 0.1) is 0 Å². The Morgan fingerprint density at radius 2 is 2.04 bits per heavy atom. The Kier molecular flexibility index (Phi) is 6.65. The van der Waals surface area contributed by atoms with Crippen LogP contribution in [0.2, 0.25) is 0 Å². The first-order chi connectivity index (χ1) is 13.6. The molecule has 8 heteroatoms. The Morgan fingerprint density at radius 3 is 2.64 bits per heavy atom. The molecule has 3 rings (SSSR count). The normalized spacial score (nSPS) is 15.9. The van der Waals surface area contributed by atoms with Gasteiger partial charge in [-0.05, 0) is 38.1 Å². The molecule has 0 radical (unpaired) electrons. The molecule has 1 fully saturated rings. The number of ether oxygens (including phenoxy) is 1. The number of carbonyl (C=O) groups excluding carboxylic acids is 2. The predicted molar refractivity (Wildman–Crippen MR) is 104 cm³/mol. The first kappa shape index (κ1) is 19.9. The molecule has 2 aromatic rings. The number of esters is 1. The average Bonchev–Trinajstić information content (AvgIpc) is 3.24. The summed E-state index contributed by atoms with van der Waals surface area (Å²) in [5, 5.41) is 2.96. The summed E-state index contributed by atoms with van der Waals surface area (Å²) in [4.78, 5) is 32.6. The van der Waals surface area contributed by atoms with E-state index in [1.807, 2.05) is 25.1 Å². The van der Waals surface area contributed by atoms with E-state index in [4.69, 9.17) is 9.15 Å². The van der Waals surface area contributed by atoms with Crippen LogP contribution < -0.4 is 10.2 Å². The minimum atomic E-state index is -0.360. The van der Waals surface area contributed by atoms with Crippen LogP contribution >= 0.6 is 0 Å². The molecule has 0 saturated carbocycles. The highest BCUT2D eigenvalue weighted by Gasteiger charge is 2.21. The van der Waals surface area contributed by atoms with E-state index in [0.717, 1.165) is 37.8 Å². The third-order valence-corrected chi connectivity index (χ3v) is 4.67. The van der Waals surface area contributed by atoms with Crippen LogP contribution in [0.15, 0.2) is 41.1 Å². The zero-order valence-corrected chi connectivity index (χ0v) is 16.3. The molecule has 3 heterocycles. The molecule has 0 unspecified atom stereocenters. The summed E-state index contributed by atoms with van der Waals surface area (Å²) in [5.41, 5.74) is 0.451. The maximum Gasteiger partial charge on any atom is 0.339 e. The molecule has 0 aliphatic carbocycles. The van der Waals surface area contributed by atoms with Crippen molar-refractivity contribution in [2.75, 3.05) is 44.2 Å². The lowest BCUT2D eigenvalue weighted by Crippen LogP contribution is -2.49. The van der Waals surface area contributed by atoms with Crippen molar-refractivity contribution in [1.82, 2.24) is 15.2 Å². The predicted octanol–water partition coefficient (Wildman–Crippen LogP) is 1.85. The van der Waals surface area contributed by atoms with Crippen LogP contribution in [0.3, 0.4) is 0 Å². The Morgan fingerprint density at radius 1 is 1.25 bits per heavy atom. The number of anilines is 1. The minimum absolute atomic E-state index is 0.0192. The summed E-state index contributed by atoms with van der Waals surface area (Å²) >= 11 is 0. The second kappa shape index (κ2) is 9.36. The van der Waals surface area contributed by atoms with E-state index in [0.29, 0.717) is 18.7 Å². The van der Waals surface area contributed by atoms with Crippen molar-refractivity contribution >= 4 is 17.7 Å². The quantitative estimate of drug-likeness (QED) is 0.727. The molecular weight excluding hydrogens is 360 g/mol. The number of hydrogen-bond donors (Lipinski definition) is 1. The lowest BCUT2D eigenvalue weighted by atomic mass is 10.2. The second-order valence-corrected chi connectivity index (χ2v) is 6.69. The van der Waals surface area contributed by atoms with E-state index < -0.39 is 0 Å². The summed E-state index contributed by atoms with van der Waals surface area (Å²) in [6.45, 7) is 7.45. The molecule has 1 saturated heterocycles. The summed E-state index contributed by atoms with van der Waals surface area (Å²) < 4.78 is 10.3. The van der Waals surface area contributed by atoms with E-state index in [-0.39, 0.29) is 17.9 Å². The van der Waals surface area contributed by atoms with E-state index >= 15 is 0 Å². The van der Waals surface area contributed by atoms with Crippen LogP contribution in [0.5, 0.6) is 0 Å². The van der Waals surface area contributed by atoms with Crippen LogP contribution in [0.1, 0.15) is 36.0 Å². The van der Waals surface area contributed by atoms with Crippen LogP contribution in [0.4, 0.5) is 5.82 Å². The number of aromatic nitrogens is 1. The van der Waals surface area contributed by atoms with Crippen molar-refractivity contribution in [3.63, 3.8) is 0 Å². The molecule has 1 atom stereocenters. The van der Waals surface area contributed by atoms with Gasteiger partial charge in [-0.1, -0.05) is 0 Å². The topological polar surface area (TPSA) is 87.9 Å². The maximum atomic E-state index is 12.3. The fourth-order valence-corrected chi connectivity index (χ4v) is 3.14. The van der Waals surface area contributed by atoms with Gasteiger partial charge in [0, 0.05) is 32.4 Å². The first-order valence-corrected chi connectivity index (χ1v) is 9.50. The molecule has 1 N–H and O–H groups in total. The molecular formula is C20H26N4O4. The van der Waals surface area contributed by atoms with Gasteiger partial charge in [0.05, 0.1) is 31.0 Å². The summed E-state index contributed by atoms with van der Waals surface area (Å²) in [7, 11) is 0. The number of rotatable bonds is 7. The van der Waals surface area contributed by atoms with E-state index in [1.165, 1.54) is 0 Å². The Hall–Kier alpha value is -2.87. The molecule has 1 aliphatic rings. The smallest absolute Gasteiger partial charge is 0.339 e. The number of piperazine rings is 1. The summed E-state index contributed by atoms with van der Waals surface area (Å²) in [5.74, 6) is 1.19. The second-order valence-electron chi connectivity index (χ2n) is 6.69. The summed E-state index contributed by atoms with van der Waals surface area (Å²) in [6, 6.07) is 7.08. The number of hydrogen-bond acceptors (Lipinski definition) is 7. The maximum absolute atomic E-state index is 12.3. The van der Waals surface area contributed by atoms with Crippen molar-refractivity contribution in [2.45, 2.75) is 19.9 Å². The lowest BCUT2D eigenvalue weighted by molar-refractivity contribution is -0.123. The molecule has 0 bridgehead atoms. The highest BCUT2D eigenvalue weighted by molar-refractivity contribution is 5.89. The van der Waals surface area contributed by atoms with Crippen molar-refractivity contribution < 1.29 is 18.7 Å². The fourth-order valence-electron chi connectivity index (χ4n) is 3.14. The Bertz CT molecular complexity index is 768. The molecule has 1 aliphatic heterocycles. The van der Waals surface area contributed by atoms with Crippen molar-refractivity contribution in [3.05, 3.63) is 48.0 Å². The van der Waals surface area contributed by atoms with Crippen LogP contribution in [-0.2, 0) is 9.53 Å². The van der Waals surface area contributed by atoms with Gasteiger partial charge in [0.25, 0.3) is 0 Å². The third-order valence-electron chi connectivity index (χ3n) is 4.67. The number of nitrogens with one attached hydrogen (secondary N) is 1. The number of pyridine rings is 1. The molecule has 8 nitrogen and oxygen atoms in total. The van der Waals surface area contributed by atoms with Gasteiger partial charge in [0.2, 0.25) is 5.91 Å². The molecule has 150 valence electrons. The van der Waals surface area contributed by atoms with Crippen molar-refractivity contribution in [1.29, 1.82) is 0 Å². The van der Waals surface area contributed by atoms with Gasteiger partial charge in [-0.3, -0.25) is 9.69 Å². The first-order valence-electron chi connectivity index (χ1n) is 9.50. The molecule has 0 spiro atoms. The van der Waals surface area contributed by atoms with Gasteiger partial charge in [-0.2, -0.15) is 0 Å². The van der Waals surface area contributed by atoms with E-state index in [1.54, 1.807) is 25.5 Å². The zero-order valence-electron chi connectivity index (χ0n) is 16.3. The number of nitrogens with zero attached hydrogens (tertiary/aromatic N) is 3. The number of amides is 1. The van der Waals surface area contributed by atoms with E-state index in [2.05, 4.69) is 20.1 Å².